The Kier molecular flexibility index (Phi) is 4.79. The van der Waals surface area contributed by atoms with Gasteiger partial charge in [-0.3, -0.25) is 9.88 Å². The summed E-state index contributed by atoms with van der Waals surface area (Å²) in [5, 5.41) is 3.43. The number of aromatic nitrogens is 1. The van der Waals surface area contributed by atoms with E-state index in [-0.39, 0.29) is 0 Å². The van der Waals surface area contributed by atoms with Crippen LogP contribution in [0, 0.1) is 0 Å². The summed E-state index contributed by atoms with van der Waals surface area (Å²) >= 11 is 3.46. The molecule has 1 atom stereocenters. The molecule has 3 N–H and O–H groups in total. The predicted molar refractivity (Wildman–Crippen MR) is 76.7 cm³/mol. The fourth-order valence-electron chi connectivity index (χ4n) is 2.07. The molecule has 1 unspecified atom stereocenters. The first-order valence-electron chi connectivity index (χ1n) is 6.12. The second-order valence-electron chi connectivity index (χ2n) is 4.54. The van der Waals surface area contributed by atoms with Gasteiger partial charge in [-0.15, -0.1) is 0 Å². The van der Waals surface area contributed by atoms with Crippen LogP contribution in [0.15, 0.2) is 16.9 Å². The maximum Gasteiger partial charge on any atom is 0.0752 e. The molecular formula is C12H19BrN4O. The molecule has 0 amide bonds. The number of anilines is 2. The normalized spacial score (nSPS) is 18.6. The van der Waals surface area contributed by atoms with Gasteiger partial charge in [-0.25, -0.2) is 0 Å². The summed E-state index contributed by atoms with van der Waals surface area (Å²) in [5.74, 6) is 0. The van der Waals surface area contributed by atoms with Crippen molar-refractivity contribution in [3.8, 4) is 0 Å². The van der Waals surface area contributed by atoms with Gasteiger partial charge in [0, 0.05) is 31.9 Å². The van der Waals surface area contributed by atoms with E-state index in [1.807, 2.05) is 0 Å². The molecular weight excluding hydrogens is 296 g/mol. The Hall–Kier alpha value is -0.850. The molecule has 1 aromatic heterocycles. The molecule has 100 valence electrons. The van der Waals surface area contributed by atoms with Crippen molar-refractivity contribution in [2.24, 2.45) is 0 Å². The van der Waals surface area contributed by atoms with E-state index in [0.717, 1.165) is 43.0 Å². The molecule has 0 aromatic carbocycles. The highest BCUT2D eigenvalue weighted by Crippen LogP contribution is 2.27. The molecule has 1 aliphatic rings. The van der Waals surface area contributed by atoms with Gasteiger partial charge in [-0.05, 0) is 22.9 Å². The van der Waals surface area contributed by atoms with E-state index in [0.29, 0.717) is 11.7 Å². The minimum absolute atomic E-state index is 0.323. The number of ether oxygens (including phenoxy) is 1. The first-order valence-corrected chi connectivity index (χ1v) is 6.91. The van der Waals surface area contributed by atoms with Crippen LogP contribution in [0.25, 0.3) is 0 Å². The second-order valence-corrected chi connectivity index (χ2v) is 5.40. The number of nitrogen functional groups attached to an aromatic ring is 1. The number of hydrogen-bond acceptors (Lipinski definition) is 5. The zero-order chi connectivity index (χ0) is 13.0. The fraction of sp³-hybridized carbons (Fsp3) is 0.583. The summed E-state index contributed by atoms with van der Waals surface area (Å²) in [6.45, 7) is 6.79. The summed E-state index contributed by atoms with van der Waals surface area (Å²) < 4.78 is 6.24. The highest BCUT2D eigenvalue weighted by Gasteiger charge is 2.15. The molecule has 0 saturated carbocycles. The quantitative estimate of drug-likeness (QED) is 0.883. The SMILES string of the molecule is CC(CN1CCOCC1)Nc1c(N)cncc1Br. The van der Waals surface area contributed by atoms with E-state index in [9.17, 15) is 0 Å². The van der Waals surface area contributed by atoms with Gasteiger partial charge in [-0.1, -0.05) is 0 Å². The Bertz CT molecular complexity index is 375. The average molecular weight is 315 g/mol. The third-order valence-corrected chi connectivity index (χ3v) is 3.56. The van der Waals surface area contributed by atoms with Crippen LogP contribution in [0.2, 0.25) is 0 Å². The van der Waals surface area contributed by atoms with Gasteiger partial charge in [0.25, 0.3) is 0 Å². The molecule has 2 heterocycles. The van der Waals surface area contributed by atoms with Crippen LogP contribution < -0.4 is 11.1 Å². The number of nitrogens with two attached hydrogens (primary N) is 1. The predicted octanol–water partition coefficient (Wildman–Crippen LogP) is 1.56. The van der Waals surface area contributed by atoms with E-state index in [1.54, 1.807) is 12.4 Å². The van der Waals surface area contributed by atoms with Crippen molar-refractivity contribution >= 4 is 27.3 Å². The zero-order valence-electron chi connectivity index (χ0n) is 10.5. The first-order chi connectivity index (χ1) is 8.66. The molecule has 1 fully saturated rings. The van der Waals surface area contributed by atoms with Crippen LogP contribution in [-0.2, 0) is 4.74 Å². The third-order valence-electron chi connectivity index (χ3n) is 2.96. The van der Waals surface area contributed by atoms with Crippen molar-refractivity contribution in [3.05, 3.63) is 16.9 Å². The van der Waals surface area contributed by atoms with Crippen molar-refractivity contribution in [2.45, 2.75) is 13.0 Å². The van der Waals surface area contributed by atoms with Crippen LogP contribution >= 0.6 is 15.9 Å². The van der Waals surface area contributed by atoms with Gasteiger partial charge in [0.1, 0.15) is 0 Å². The van der Waals surface area contributed by atoms with Crippen LogP contribution in [0.1, 0.15) is 6.92 Å². The van der Waals surface area contributed by atoms with Gasteiger partial charge < -0.3 is 15.8 Å². The molecule has 0 spiro atoms. The number of nitrogens with one attached hydrogen (secondary N) is 1. The van der Waals surface area contributed by atoms with Gasteiger partial charge in [-0.2, -0.15) is 0 Å². The highest BCUT2D eigenvalue weighted by atomic mass is 79.9. The van der Waals surface area contributed by atoms with Crippen LogP contribution in [0.5, 0.6) is 0 Å². The van der Waals surface area contributed by atoms with Crippen molar-refractivity contribution in [2.75, 3.05) is 43.9 Å². The Morgan fingerprint density at radius 3 is 2.89 bits per heavy atom. The number of pyridine rings is 1. The van der Waals surface area contributed by atoms with Gasteiger partial charge in [0.2, 0.25) is 0 Å². The van der Waals surface area contributed by atoms with E-state index in [2.05, 4.69) is 38.1 Å². The van der Waals surface area contributed by atoms with Crippen LogP contribution in [0.4, 0.5) is 11.4 Å². The maximum atomic E-state index is 5.91. The smallest absolute Gasteiger partial charge is 0.0752 e. The van der Waals surface area contributed by atoms with Crippen molar-refractivity contribution in [1.29, 1.82) is 0 Å². The number of morpholine rings is 1. The Morgan fingerprint density at radius 2 is 2.22 bits per heavy atom. The third kappa shape index (κ3) is 3.57. The van der Waals surface area contributed by atoms with Crippen molar-refractivity contribution < 1.29 is 4.74 Å². The summed E-state index contributed by atoms with van der Waals surface area (Å²) in [5.41, 5.74) is 7.50. The molecule has 6 heteroatoms. The van der Waals surface area contributed by atoms with E-state index >= 15 is 0 Å². The molecule has 18 heavy (non-hydrogen) atoms. The van der Waals surface area contributed by atoms with E-state index in [1.165, 1.54) is 0 Å². The lowest BCUT2D eigenvalue weighted by Crippen LogP contribution is -2.42. The second kappa shape index (κ2) is 6.36. The first kappa shape index (κ1) is 13.6. The molecule has 1 aromatic rings. The molecule has 2 rings (SSSR count). The van der Waals surface area contributed by atoms with E-state index in [4.69, 9.17) is 10.5 Å². The number of nitrogens with zero attached hydrogens (tertiary/aromatic N) is 2. The topological polar surface area (TPSA) is 63.4 Å². The molecule has 1 saturated heterocycles. The summed E-state index contributed by atoms with van der Waals surface area (Å²) in [6.07, 6.45) is 3.41. The number of hydrogen-bond donors (Lipinski definition) is 2. The number of halogens is 1. The van der Waals surface area contributed by atoms with Crippen molar-refractivity contribution in [3.63, 3.8) is 0 Å². The van der Waals surface area contributed by atoms with Gasteiger partial charge >= 0.3 is 0 Å². The lowest BCUT2D eigenvalue weighted by Gasteiger charge is -2.30. The molecule has 1 aliphatic heterocycles. The number of rotatable bonds is 4. The Labute approximate surface area is 116 Å². The van der Waals surface area contributed by atoms with Crippen LogP contribution in [-0.4, -0.2) is 48.8 Å². The standard InChI is InChI=1S/C12H19BrN4O/c1-9(8-17-2-4-18-5-3-17)16-12-10(13)6-15-7-11(12)14/h6-7,9H,2-5,8,14H2,1H3,(H,15,16). The largest absolute Gasteiger partial charge is 0.396 e. The molecule has 0 radical (unpaired) electrons. The summed E-state index contributed by atoms with van der Waals surface area (Å²) in [4.78, 5) is 6.42. The lowest BCUT2D eigenvalue weighted by atomic mass is 10.2. The van der Waals surface area contributed by atoms with Gasteiger partial charge in [0.15, 0.2) is 0 Å². The Morgan fingerprint density at radius 1 is 1.50 bits per heavy atom. The summed E-state index contributed by atoms with van der Waals surface area (Å²) in [7, 11) is 0. The molecule has 5 nitrogen and oxygen atoms in total. The van der Waals surface area contributed by atoms with Gasteiger partial charge in [0.05, 0.1) is 35.3 Å². The van der Waals surface area contributed by atoms with Crippen LogP contribution in [0.3, 0.4) is 0 Å². The maximum absolute atomic E-state index is 5.91. The fourth-order valence-corrected chi connectivity index (χ4v) is 2.53. The zero-order valence-corrected chi connectivity index (χ0v) is 12.1. The minimum atomic E-state index is 0.323. The molecule has 0 bridgehead atoms. The highest BCUT2D eigenvalue weighted by molar-refractivity contribution is 9.10. The van der Waals surface area contributed by atoms with E-state index < -0.39 is 0 Å². The lowest BCUT2D eigenvalue weighted by molar-refractivity contribution is 0.0368. The van der Waals surface area contributed by atoms with Crippen molar-refractivity contribution in [1.82, 2.24) is 9.88 Å². The monoisotopic (exact) mass is 314 g/mol. The average Bonchev–Trinajstić information content (AvgIpc) is 2.35. The molecule has 0 aliphatic carbocycles. The summed E-state index contributed by atoms with van der Waals surface area (Å²) in [6, 6.07) is 0.323. The minimum Gasteiger partial charge on any atom is -0.396 e. The Balaban J connectivity index is 1.92.